The van der Waals surface area contributed by atoms with Crippen molar-refractivity contribution in [3.8, 4) is 0 Å². The van der Waals surface area contributed by atoms with Crippen LogP contribution in [0.4, 0.5) is 0 Å². The molecule has 0 aliphatic carbocycles. The molecular weight excluding hydrogens is 268 g/mol. The molecule has 1 aromatic rings. The fourth-order valence-electron chi connectivity index (χ4n) is 2.59. The minimum absolute atomic E-state index is 0.0611. The zero-order chi connectivity index (χ0) is 14.5. The van der Waals surface area contributed by atoms with Crippen LogP contribution < -0.4 is 0 Å². The Hall–Kier alpha value is -2.01. The average molecular weight is 288 g/mol. The van der Waals surface area contributed by atoms with Gasteiger partial charge in [0.1, 0.15) is 19.5 Å². The number of carbonyl (C=O) groups excluding carboxylic acids is 1. The summed E-state index contributed by atoms with van der Waals surface area (Å²) in [7, 11) is 0. The standard InChI is InChI=1S/C16H20N2O3/c19-16(15-13-20-10-11-21-15)18-8-6-17(7-9-18)12-14-4-2-1-3-5-14/h1-5,13H,6-12H2. The summed E-state index contributed by atoms with van der Waals surface area (Å²) in [6.07, 6.45) is 1.43. The smallest absolute Gasteiger partial charge is 0.292 e. The Labute approximate surface area is 124 Å². The van der Waals surface area contributed by atoms with Crippen molar-refractivity contribution in [2.75, 3.05) is 39.4 Å². The molecule has 0 spiro atoms. The number of hydrogen-bond acceptors (Lipinski definition) is 4. The molecule has 2 heterocycles. The minimum atomic E-state index is -0.0611. The van der Waals surface area contributed by atoms with E-state index >= 15 is 0 Å². The van der Waals surface area contributed by atoms with E-state index in [1.807, 2.05) is 11.0 Å². The summed E-state index contributed by atoms with van der Waals surface area (Å²) in [5.74, 6) is 0.270. The van der Waals surface area contributed by atoms with Gasteiger partial charge >= 0.3 is 0 Å². The maximum atomic E-state index is 12.3. The van der Waals surface area contributed by atoms with Crippen LogP contribution in [-0.2, 0) is 20.8 Å². The molecule has 1 saturated heterocycles. The van der Waals surface area contributed by atoms with Gasteiger partial charge in [0.25, 0.3) is 5.91 Å². The van der Waals surface area contributed by atoms with Gasteiger partial charge in [0.2, 0.25) is 5.76 Å². The fraction of sp³-hybridized carbons (Fsp3) is 0.438. The number of piperazine rings is 1. The van der Waals surface area contributed by atoms with Crippen LogP contribution in [0.1, 0.15) is 5.56 Å². The first-order valence-corrected chi connectivity index (χ1v) is 7.33. The molecule has 5 nitrogen and oxygen atoms in total. The van der Waals surface area contributed by atoms with Crippen LogP contribution >= 0.6 is 0 Å². The average Bonchev–Trinajstić information content (AvgIpc) is 2.57. The molecule has 1 aromatic carbocycles. The normalized spacial score (nSPS) is 19.4. The lowest BCUT2D eigenvalue weighted by Crippen LogP contribution is -2.49. The zero-order valence-electron chi connectivity index (χ0n) is 12.0. The molecule has 0 bridgehead atoms. The van der Waals surface area contributed by atoms with E-state index in [9.17, 15) is 4.79 Å². The first-order valence-electron chi connectivity index (χ1n) is 7.33. The fourth-order valence-corrected chi connectivity index (χ4v) is 2.59. The van der Waals surface area contributed by atoms with Gasteiger partial charge in [0, 0.05) is 32.7 Å². The second-order valence-corrected chi connectivity index (χ2v) is 5.26. The van der Waals surface area contributed by atoms with Gasteiger partial charge in [-0.2, -0.15) is 0 Å². The summed E-state index contributed by atoms with van der Waals surface area (Å²) in [4.78, 5) is 16.5. The Morgan fingerprint density at radius 2 is 1.81 bits per heavy atom. The van der Waals surface area contributed by atoms with E-state index in [0.717, 1.165) is 32.7 Å². The summed E-state index contributed by atoms with van der Waals surface area (Å²) in [5, 5.41) is 0. The van der Waals surface area contributed by atoms with Gasteiger partial charge in [0.15, 0.2) is 0 Å². The predicted molar refractivity (Wildman–Crippen MR) is 78.3 cm³/mol. The molecule has 3 rings (SSSR count). The highest BCUT2D eigenvalue weighted by atomic mass is 16.6. The predicted octanol–water partition coefficient (Wildman–Crippen LogP) is 1.22. The third-order valence-electron chi connectivity index (χ3n) is 3.77. The molecule has 0 unspecified atom stereocenters. The summed E-state index contributed by atoms with van der Waals surface area (Å²) in [6.45, 7) is 5.13. The highest BCUT2D eigenvalue weighted by Gasteiger charge is 2.25. The molecular formula is C16H20N2O3. The Balaban J connectivity index is 1.51. The monoisotopic (exact) mass is 288 g/mol. The molecule has 0 N–H and O–H groups in total. The molecule has 0 aromatic heterocycles. The molecule has 2 aliphatic heterocycles. The first-order chi connectivity index (χ1) is 10.3. The van der Waals surface area contributed by atoms with Crippen molar-refractivity contribution in [1.82, 2.24) is 9.80 Å². The third-order valence-corrected chi connectivity index (χ3v) is 3.77. The van der Waals surface area contributed by atoms with Crippen LogP contribution in [0.25, 0.3) is 0 Å². The molecule has 1 amide bonds. The van der Waals surface area contributed by atoms with Crippen LogP contribution in [-0.4, -0.2) is 55.1 Å². The van der Waals surface area contributed by atoms with E-state index in [0.29, 0.717) is 19.0 Å². The van der Waals surface area contributed by atoms with Crippen LogP contribution in [0, 0.1) is 0 Å². The van der Waals surface area contributed by atoms with Crippen LogP contribution in [0.2, 0.25) is 0 Å². The van der Waals surface area contributed by atoms with Crippen molar-refractivity contribution in [2.45, 2.75) is 6.54 Å². The van der Waals surface area contributed by atoms with Crippen molar-refractivity contribution >= 4 is 5.91 Å². The SMILES string of the molecule is O=C(C1=COCCO1)N1CCN(Cc2ccccc2)CC1. The van der Waals surface area contributed by atoms with Gasteiger partial charge < -0.3 is 14.4 Å². The number of nitrogens with zero attached hydrogens (tertiary/aromatic N) is 2. The van der Waals surface area contributed by atoms with E-state index in [-0.39, 0.29) is 5.91 Å². The Kier molecular flexibility index (Phi) is 4.40. The second kappa shape index (κ2) is 6.63. The van der Waals surface area contributed by atoms with Crippen molar-refractivity contribution in [1.29, 1.82) is 0 Å². The highest BCUT2D eigenvalue weighted by molar-refractivity contribution is 5.91. The Morgan fingerprint density at radius 3 is 2.48 bits per heavy atom. The van der Waals surface area contributed by atoms with Crippen molar-refractivity contribution in [3.63, 3.8) is 0 Å². The Morgan fingerprint density at radius 1 is 1.05 bits per heavy atom. The largest absolute Gasteiger partial charge is 0.494 e. The molecule has 0 saturated carbocycles. The third kappa shape index (κ3) is 3.55. The van der Waals surface area contributed by atoms with E-state index < -0.39 is 0 Å². The van der Waals surface area contributed by atoms with Crippen LogP contribution in [0.15, 0.2) is 42.4 Å². The van der Waals surface area contributed by atoms with Crippen molar-refractivity contribution in [2.24, 2.45) is 0 Å². The molecule has 112 valence electrons. The number of benzene rings is 1. The zero-order valence-corrected chi connectivity index (χ0v) is 12.0. The van der Waals surface area contributed by atoms with Gasteiger partial charge in [0.05, 0.1) is 0 Å². The van der Waals surface area contributed by atoms with Crippen LogP contribution in [0.3, 0.4) is 0 Å². The van der Waals surface area contributed by atoms with E-state index in [1.165, 1.54) is 11.8 Å². The second-order valence-electron chi connectivity index (χ2n) is 5.26. The highest BCUT2D eigenvalue weighted by Crippen LogP contribution is 2.13. The molecule has 0 atom stereocenters. The number of ether oxygens (including phenoxy) is 2. The summed E-state index contributed by atoms with van der Waals surface area (Å²) < 4.78 is 10.5. The van der Waals surface area contributed by atoms with E-state index in [4.69, 9.17) is 9.47 Å². The van der Waals surface area contributed by atoms with Gasteiger partial charge in [-0.15, -0.1) is 0 Å². The van der Waals surface area contributed by atoms with Gasteiger partial charge in [-0.1, -0.05) is 30.3 Å². The minimum Gasteiger partial charge on any atom is -0.494 e. The first kappa shape index (κ1) is 13.9. The topological polar surface area (TPSA) is 42.0 Å². The molecule has 2 aliphatic rings. The lowest BCUT2D eigenvalue weighted by molar-refractivity contribution is -0.134. The van der Waals surface area contributed by atoms with Gasteiger partial charge in [-0.25, -0.2) is 0 Å². The molecule has 0 radical (unpaired) electrons. The molecule has 1 fully saturated rings. The number of hydrogen-bond donors (Lipinski definition) is 0. The van der Waals surface area contributed by atoms with E-state index in [1.54, 1.807) is 0 Å². The van der Waals surface area contributed by atoms with Crippen molar-refractivity contribution in [3.05, 3.63) is 47.9 Å². The van der Waals surface area contributed by atoms with Gasteiger partial charge in [-0.3, -0.25) is 9.69 Å². The Bertz CT molecular complexity index is 508. The molecule has 21 heavy (non-hydrogen) atoms. The van der Waals surface area contributed by atoms with E-state index in [2.05, 4.69) is 29.2 Å². The summed E-state index contributed by atoms with van der Waals surface area (Å²) in [6, 6.07) is 10.4. The van der Waals surface area contributed by atoms with Crippen LogP contribution in [0.5, 0.6) is 0 Å². The maximum absolute atomic E-state index is 12.3. The van der Waals surface area contributed by atoms with Gasteiger partial charge in [-0.05, 0) is 5.56 Å². The maximum Gasteiger partial charge on any atom is 0.292 e. The summed E-state index contributed by atoms with van der Waals surface area (Å²) in [5.41, 5.74) is 1.31. The number of rotatable bonds is 3. The van der Waals surface area contributed by atoms with Crippen molar-refractivity contribution < 1.29 is 14.3 Å². The molecule has 5 heteroatoms. The quantitative estimate of drug-likeness (QED) is 0.838. The number of amides is 1. The summed E-state index contributed by atoms with van der Waals surface area (Å²) >= 11 is 0. The lowest BCUT2D eigenvalue weighted by Gasteiger charge is -2.35. The number of carbonyl (C=O) groups is 1. The lowest BCUT2D eigenvalue weighted by atomic mass is 10.2.